The van der Waals surface area contributed by atoms with Crippen LogP contribution in [0.3, 0.4) is 0 Å². The number of thiophene rings is 1. The molecular weight excluding hydrogens is 442 g/mol. The SMILES string of the molecule is CC(c1ccc(C(=O)O)cc1)c1ncc2c(n1)-c1ccc(Cl)cc1C(c1cccs1)=NC2. The van der Waals surface area contributed by atoms with Crippen molar-refractivity contribution in [2.24, 2.45) is 4.99 Å². The van der Waals surface area contributed by atoms with Gasteiger partial charge in [-0.3, -0.25) is 4.99 Å². The molecule has 0 spiro atoms. The molecule has 0 saturated heterocycles. The lowest BCUT2D eigenvalue weighted by Gasteiger charge is -2.15. The molecule has 32 heavy (non-hydrogen) atoms. The number of aliphatic imine (C=N–C) groups is 1. The normalized spacial score (nSPS) is 13.5. The van der Waals surface area contributed by atoms with E-state index in [1.54, 1.807) is 23.5 Å². The summed E-state index contributed by atoms with van der Waals surface area (Å²) in [6.45, 7) is 2.50. The minimum Gasteiger partial charge on any atom is -0.478 e. The van der Waals surface area contributed by atoms with Crippen molar-refractivity contribution in [3.8, 4) is 11.3 Å². The Bertz CT molecular complexity index is 1350. The molecule has 0 aliphatic carbocycles. The van der Waals surface area contributed by atoms with Crippen molar-refractivity contribution in [3.63, 3.8) is 0 Å². The van der Waals surface area contributed by atoms with Crippen molar-refractivity contribution in [2.75, 3.05) is 0 Å². The molecule has 158 valence electrons. The molecule has 2 aromatic carbocycles. The number of aromatic carboxylic acids is 1. The molecule has 7 heteroatoms. The molecule has 1 aliphatic heterocycles. The molecule has 4 aromatic rings. The zero-order valence-electron chi connectivity index (χ0n) is 17.1. The van der Waals surface area contributed by atoms with Crippen LogP contribution in [0.2, 0.25) is 5.02 Å². The van der Waals surface area contributed by atoms with Gasteiger partial charge in [0.15, 0.2) is 0 Å². The number of carboxylic acids is 1. The van der Waals surface area contributed by atoms with Crippen LogP contribution in [-0.4, -0.2) is 26.8 Å². The molecule has 5 nitrogen and oxygen atoms in total. The van der Waals surface area contributed by atoms with Crippen LogP contribution in [0.1, 0.15) is 50.6 Å². The highest BCUT2D eigenvalue weighted by molar-refractivity contribution is 7.12. The fourth-order valence-corrected chi connectivity index (χ4v) is 4.75. The molecule has 0 bridgehead atoms. The predicted octanol–water partition coefficient (Wildman–Crippen LogP) is 6.06. The summed E-state index contributed by atoms with van der Waals surface area (Å²) in [6, 6.07) is 16.7. The fraction of sp³-hybridized carbons (Fsp3) is 0.120. The first-order valence-corrected chi connectivity index (χ1v) is 11.3. The highest BCUT2D eigenvalue weighted by Gasteiger charge is 2.23. The highest BCUT2D eigenvalue weighted by Crippen LogP contribution is 2.35. The Hall–Kier alpha value is -3.35. The number of nitrogens with zero attached hydrogens (tertiary/aromatic N) is 3. The molecule has 1 N–H and O–H groups in total. The number of carboxylic acid groups (broad SMARTS) is 1. The molecule has 1 aliphatic rings. The van der Waals surface area contributed by atoms with Gasteiger partial charge in [0, 0.05) is 33.8 Å². The number of rotatable bonds is 4. The third kappa shape index (κ3) is 3.72. The summed E-state index contributed by atoms with van der Waals surface area (Å²) < 4.78 is 0. The Morgan fingerprint density at radius 3 is 2.66 bits per heavy atom. The van der Waals surface area contributed by atoms with Gasteiger partial charge in [-0.25, -0.2) is 14.8 Å². The number of benzene rings is 2. The van der Waals surface area contributed by atoms with E-state index in [1.807, 2.05) is 54.9 Å². The minimum absolute atomic E-state index is 0.0974. The topological polar surface area (TPSA) is 75.4 Å². The maximum Gasteiger partial charge on any atom is 0.335 e. The minimum atomic E-state index is -0.942. The van der Waals surface area contributed by atoms with Crippen molar-refractivity contribution in [3.05, 3.63) is 104 Å². The Morgan fingerprint density at radius 2 is 1.94 bits per heavy atom. The maximum absolute atomic E-state index is 11.2. The second-order valence-electron chi connectivity index (χ2n) is 7.58. The van der Waals surface area contributed by atoms with E-state index in [-0.39, 0.29) is 11.5 Å². The first-order valence-electron chi connectivity index (χ1n) is 10.1. The van der Waals surface area contributed by atoms with Crippen molar-refractivity contribution in [1.82, 2.24) is 9.97 Å². The van der Waals surface area contributed by atoms with Gasteiger partial charge in [0.25, 0.3) is 0 Å². The van der Waals surface area contributed by atoms with Gasteiger partial charge in [0.2, 0.25) is 0 Å². The predicted molar refractivity (Wildman–Crippen MR) is 127 cm³/mol. The monoisotopic (exact) mass is 459 g/mol. The number of fused-ring (bicyclic) bond motifs is 3. The van der Waals surface area contributed by atoms with E-state index in [2.05, 4.69) is 11.1 Å². The Morgan fingerprint density at radius 1 is 1.12 bits per heavy atom. The molecule has 0 fully saturated rings. The first kappa shape index (κ1) is 20.5. The van der Waals surface area contributed by atoms with Crippen molar-refractivity contribution >= 4 is 34.6 Å². The van der Waals surface area contributed by atoms with Gasteiger partial charge in [-0.1, -0.05) is 42.8 Å². The van der Waals surface area contributed by atoms with Gasteiger partial charge in [0.1, 0.15) is 5.82 Å². The third-order valence-electron chi connectivity index (χ3n) is 5.58. The third-order valence-corrected chi connectivity index (χ3v) is 6.69. The smallest absolute Gasteiger partial charge is 0.335 e. The van der Waals surface area contributed by atoms with Crippen LogP contribution >= 0.6 is 22.9 Å². The van der Waals surface area contributed by atoms with Gasteiger partial charge in [-0.2, -0.15) is 0 Å². The van der Waals surface area contributed by atoms with Crippen LogP contribution in [0.5, 0.6) is 0 Å². The molecule has 2 aromatic heterocycles. The first-order chi connectivity index (χ1) is 15.5. The van der Waals surface area contributed by atoms with Crippen LogP contribution in [0, 0.1) is 0 Å². The summed E-state index contributed by atoms with van der Waals surface area (Å²) in [4.78, 5) is 26.7. The lowest BCUT2D eigenvalue weighted by atomic mass is 9.96. The molecule has 5 rings (SSSR count). The molecule has 0 radical (unpaired) electrons. The summed E-state index contributed by atoms with van der Waals surface area (Å²) in [7, 11) is 0. The molecule has 3 heterocycles. The molecule has 1 unspecified atom stereocenters. The van der Waals surface area contributed by atoms with E-state index >= 15 is 0 Å². The van der Waals surface area contributed by atoms with Crippen LogP contribution in [-0.2, 0) is 6.54 Å². The average molecular weight is 460 g/mol. The maximum atomic E-state index is 11.2. The number of carbonyl (C=O) groups is 1. The van der Waals surface area contributed by atoms with Crippen LogP contribution < -0.4 is 0 Å². The summed E-state index contributed by atoms with van der Waals surface area (Å²) in [5.74, 6) is -0.366. The number of hydrogen-bond acceptors (Lipinski definition) is 5. The van der Waals surface area contributed by atoms with E-state index in [9.17, 15) is 4.79 Å². The summed E-state index contributed by atoms with van der Waals surface area (Å²) >= 11 is 8.00. The lowest BCUT2D eigenvalue weighted by molar-refractivity contribution is 0.0697. The second kappa shape index (κ2) is 8.30. The Kier molecular flexibility index (Phi) is 5.33. The number of halogens is 1. The zero-order chi connectivity index (χ0) is 22.2. The second-order valence-corrected chi connectivity index (χ2v) is 8.97. The fourth-order valence-electron chi connectivity index (χ4n) is 3.83. The molecule has 1 atom stereocenters. The van der Waals surface area contributed by atoms with Gasteiger partial charge < -0.3 is 5.11 Å². The Balaban J connectivity index is 1.59. The van der Waals surface area contributed by atoms with E-state index in [0.29, 0.717) is 17.4 Å². The van der Waals surface area contributed by atoms with Gasteiger partial charge >= 0.3 is 5.97 Å². The standard InChI is InChI=1S/C25H18ClN3O2S/c1-14(15-4-6-16(7-5-15)25(30)31)24-28-13-17-12-27-23(21-3-2-10-32-21)20-11-18(26)8-9-19(20)22(17)29-24/h2-11,13-14H,12H2,1H3,(H,30,31). The van der Waals surface area contributed by atoms with E-state index in [0.717, 1.165) is 38.5 Å². The zero-order valence-corrected chi connectivity index (χ0v) is 18.7. The van der Waals surface area contributed by atoms with Crippen LogP contribution in [0.4, 0.5) is 0 Å². The lowest BCUT2D eigenvalue weighted by Crippen LogP contribution is -2.07. The average Bonchev–Trinajstić information content (AvgIpc) is 3.28. The Labute approximate surface area is 194 Å². The van der Waals surface area contributed by atoms with Crippen molar-refractivity contribution < 1.29 is 9.90 Å². The van der Waals surface area contributed by atoms with Gasteiger partial charge in [-0.15, -0.1) is 11.3 Å². The van der Waals surface area contributed by atoms with E-state index in [1.165, 1.54) is 0 Å². The number of aromatic nitrogens is 2. The number of hydrogen-bond donors (Lipinski definition) is 1. The highest BCUT2D eigenvalue weighted by atomic mass is 35.5. The summed E-state index contributed by atoms with van der Waals surface area (Å²) in [5.41, 5.74) is 5.87. The van der Waals surface area contributed by atoms with Gasteiger partial charge in [0.05, 0.1) is 28.4 Å². The molecular formula is C25H18ClN3O2S. The van der Waals surface area contributed by atoms with Gasteiger partial charge in [-0.05, 0) is 41.3 Å². The van der Waals surface area contributed by atoms with Crippen LogP contribution in [0.25, 0.3) is 11.3 Å². The largest absolute Gasteiger partial charge is 0.478 e. The molecule has 0 amide bonds. The van der Waals surface area contributed by atoms with Crippen LogP contribution in [0.15, 0.2) is 71.2 Å². The van der Waals surface area contributed by atoms with Crippen molar-refractivity contribution in [1.29, 1.82) is 0 Å². The summed E-state index contributed by atoms with van der Waals surface area (Å²) in [6.07, 6.45) is 1.85. The van der Waals surface area contributed by atoms with Crippen molar-refractivity contribution in [2.45, 2.75) is 19.4 Å². The molecule has 0 saturated carbocycles. The van der Waals surface area contributed by atoms with E-state index in [4.69, 9.17) is 26.7 Å². The quantitative estimate of drug-likeness (QED) is 0.402. The summed E-state index contributed by atoms with van der Waals surface area (Å²) in [5, 5.41) is 11.8. The van der Waals surface area contributed by atoms with E-state index < -0.39 is 5.97 Å².